The van der Waals surface area contributed by atoms with Crippen LogP contribution >= 0.6 is 0 Å². The molecule has 25 heavy (non-hydrogen) atoms. The molecule has 4 rings (SSSR count). The molecule has 0 aromatic carbocycles. The molecule has 2 amide bonds. The van der Waals surface area contributed by atoms with Gasteiger partial charge in [0.15, 0.2) is 0 Å². The van der Waals surface area contributed by atoms with Crippen LogP contribution in [0.3, 0.4) is 0 Å². The Balaban J connectivity index is 1.34. The minimum absolute atomic E-state index is 0.00664. The lowest BCUT2D eigenvalue weighted by Crippen LogP contribution is -2.48. The molecule has 1 unspecified atom stereocenters. The lowest BCUT2D eigenvalue weighted by atomic mass is 9.96. The number of carbonyl (C=O) groups excluding carboxylic acids is 2. The SMILES string of the molecule is O=C1CCC(C(=O)N2CCC(Cn3nc4c(cc3=O)CCC4)CC2)N1. The number of hydrogen-bond donors (Lipinski definition) is 1. The molecule has 7 nitrogen and oxygen atoms in total. The van der Waals surface area contributed by atoms with Gasteiger partial charge in [-0.2, -0.15) is 5.10 Å². The van der Waals surface area contributed by atoms with Crippen LogP contribution in [0, 0.1) is 5.92 Å². The Labute approximate surface area is 146 Å². The third kappa shape index (κ3) is 3.32. The van der Waals surface area contributed by atoms with Crippen molar-refractivity contribution in [2.75, 3.05) is 13.1 Å². The van der Waals surface area contributed by atoms with Crippen LogP contribution in [0.1, 0.15) is 43.4 Å². The Kier molecular flexibility index (Phi) is 4.31. The number of aryl methyl sites for hydroxylation is 2. The Bertz CT molecular complexity index is 749. The molecule has 0 spiro atoms. The highest BCUT2D eigenvalue weighted by molar-refractivity contribution is 5.90. The van der Waals surface area contributed by atoms with Gasteiger partial charge in [-0.1, -0.05) is 0 Å². The maximum absolute atomic E-state index is 12.4. The molecule has 0 saturated carbocycles. The first kappa shape index (κ1) is 16.3. The summed E-state index contributed by atoms with van der Waals surface area (Å²) in [6.07, 6.45) is 5.82. The second kappa shape index (κ2) is 6.61. The number of piperidine rings is 1. The maximum atomic E-state index is 12.4. The minimum Gasteiger partial charge on any atom is -0.344 e. The molecule has 1 aliphatic carbocycles. The maximum Gasteiger partial charge on any atom is 0.267 e. The topological polar surface area (TPSA) is 84.3 Å². The van der Waals surface area contributed by atoms with Gasteiger partial charge in [0.2, 0.25) is 11.8 Å². The zero-order valence-corrected chi connectivity index (χ0v) is 14.4. The van der Waals surface area contributed by atoms with Gasteiger partial charge >= 0.3 is 0 Å². The molecule has 1 atom stereocenters. The molecular weight excluding hydrogens is 320 g/mol. The van der Waals surface area contributed by atoms with E-state index >= 15 is 0 Å². The van der Waals surface area contributed by atoms with Crippen LogP contribution in [-0.4, -0.2) is 45.6 Å². The van der Waals surface area contributed by atoms with E-state index in [1.807, 2.05) is 4.90 Å². The third-order valence-corrected chi connectivity index (χ3v) is 5.67. The third-order valence-electron chi connectivity index (χ3n) is 5.67. The molecule has 1 aromatic heterocycles. The van der Waals surface area contributed by atoms with Crippen molar-refractivity contribution < 1.29 is 9.59 Å². The van der Waals surface area contributed by atoms with Crippen LogP contribution in [-0.2, 0) is 29.0 Å². The van der Waals surface area contributed by atoms with Crippen molar-refractivity contribution in [2.45, 2.75) is 57.5 Å². The molecule has 1 N–H and O–H groups in total. The molecule has 0 radical (unpaired) electrons. The molecule has 3 heterocycles. The average Bonchev–Trinajstić information content (AvgIpc) is 3.24. The summed E-state index contributed by atoms with van der Waals surface area (Å²) >= 11 is 0. The minimum atomic E-state index is -0.343. The molecule has 1 aromatic rings. The zero-order chi connectivity index (χ0) is 17.4. The number of likely N-dealkylation sites (tertiary alicyclic amines) is 1. The highest BCUT2D eigenvalue weighted by atomic mass is 16.2. The van der Waals surface area contributed by atoms with Crippen molar-refractivity contribution in [2.24, 2.45) is 5.92 Å². The largest absolute Gasteiger partial charge is 0.344 e. The smallest absolute Gasteiger partial charge is 0.267 e. The fraction of sp³-hybridized carbons (Fsp3) is 0.667. The van der Waals surface area contributed by atoms with E-state index in [2.05, 4.69) is 10.4 Å². The monoisotopic (exact) mass is 344 g/mol. The second-order valence-electron chi connectivity index (χ2n) is 7.42. The Hall–Kier alpha value is -2.18. The number of aromatic nitrogens is 2. The van der Waals surface area contributed by atoms with Crippen LogP contribution in [0.15, 0.2) is 10.9 Å². The molecule has 2 saturated heterocycles. The second-order valence-corrected chi connectivity index (χ2v) is 7.42. The van der Waals surface area contributed by atoms with Crippen LogP contribution in [0.5, 0.6) is 0 Å². The van der Waals surface area contributed by atoms with Gasteiger partial charge in [-0.15, -0.1) is 0 Å². The first-order valence-electron chi connectivity index (χ1n) is 9.28. The number of fused-ring (bicyclic) bond motifs is 1. The van der Waals surface area contributed by atoms with E-state index in [1.54, 1.807) is 10.7 Å². The fourth-order valence-corrected chi connectivity index (χ4v) is 4.17. The van der Waals surface area contributed by atoms with E-state index in [1.165, 1.54) is 0 Å². The number of nitrogens with zero attached hydrogens (tertiary/aromatic N) is 3. The Morgan fingerprint density at radius 1 is 1.16 bits per heavy atom. The molecule has 2 fully saturated rings. The number of carbonyl (C=O) groups is 2. The summed E-state index contributed by atoms with van der Waals surface area (Å²) in [6, 6.07) is 1.40. The highest BCUT2D eigenvalue weighted by Gasteiger charge is 2.32. The predicted molar refractivity (Wildman–Crippen MR) is 91.0 cm³/mol. The first-order chi connectivity index (χ1) is 12.1. The molecule has 134 valence electrons. The van der Waals surface area contributed by atoms with Gasteiger partial charge in [0.1, 0.15) is 6.04 Å². The van der Waals surface area contributed by atoms with Crippen molar-refractivity contribution in [3.8, 4) is 0 Å². The predicted octanol–water partition coefficient (Wildman–Crippen LogP) is 0.249. The number of nitrogens with one attached hydrogen (secondary N) is 1. The van der Waals surface area contributed by atoms with Crippen molar-refractivity contribution >= 4 is 11.8 Å². The van der Waals surface area contributed by atoms with Gasteiger partial charge in [0.05, 0.1) is 5.69 Å². The highest BCUT2D eigenvalue weighted by Crippen LogP contribution is 2.22. The van der Waals surface area contributed by atoms with E-state index in [-0.39, 0.29) is 23.4 Å². The summed E-state index contributed by atoms with van der Waals surface area (Å²) in [5, 5.41) is 7.30. The standard InChI is InChI=1S/C18H24N4O3/c23-16-5-4-15(19-16)18(25)21-8-6-12(7-9-21)11-22-17(24)10-13-2-1-3-14(13)20-22/h10,12,15H,1-9,11H2,(H,19,23). The Morgan fingerprint density at radius 3 is 2.68 bits per heavy atom. The van der Waals surface area contributed by atoms with Crippen LogP contribution < -0.4 is 10.9 Å². The summed E-state index contributed by atoms with van der Waals surface area (Å²) in [5.74, 6) is 0.374. The van der Waals surface area contributed by atoms with E-state index in [9.17, 15) is 14.4 Å². The summed E-state index contributed by atoms with van der Waals surface area (Å²) < 4.78 is 1.61. The number of amides is 2. The summed E-state index contributed by atoms with van der Waals surface area (Å²) in [4.78, 5) is 37.8. The van der Waals surface area contributed by atoms with Crippen molar-refractivity contribution in [1.29, 1.82) is 0 Å². The molecule has 0 bridgehead atoms. The van der Waals surface area contributed by atoms with Crippen molar-refractivity contribution in [1.82, 2.24) is 20.0 Å². The van der Waals surface area contributed by atoms with Crippen LogP contribution in [0.25, 0.3) is 0 Å². The molecule has 7 heteroatoms. The van der Waals surface area contributed by atoms with Crippen LogP contribution in [0.4, 0.5) is 0 Å². The van der Waals surface area contributed by atoms with Gasteiger partial charge < -0.3 is 10.2 Å². The van der Waals surface area contributed by atoms with Gasteiger partial charge in [-0.3, -0.25) is 14.4 Å². The van der Waals surface area contributed by atoms with Gasteiger partial charge in [-0.05, 0) is 50.0 Å². The lowest BCUT2D eigenvalue weighted by Gasteiger charge is -2.33. The molecular formula is C18H24N4O3. The number of rotatable bonds is 3. The fourth-order valence-electron chi connectivity index (χ4n) is 4.17. The lowest BCUT2D eigenvalue weighted by molar-refractivity contribution is -0.135. The Morgan fingerprint density at radius 2 is 1.96 bits per heavy atom. The quantitative estimate of drug-likeness (QED) is 0.852. The van der Waals surface area contributed by atoms with Gasteiger partial charge in [-0.25, -0.2) is 4.68 Å². The normalized spacial score (nSPS) is 23.6. The van der Waals surface area contributed by atoms with Crippen LogP contribution in [0.2, 0.25) is 0 Å². The summed E-state index contributed by atoms with van der Waals surface area (Å²) in [5.41, 5.74) is 2.18. The van der Waals surface area contributed by atoms with Gasteiger partial charge in [0, 0.05) is 32.1 Å². The molecule has 3 aliphatic rings. The van der Waals surface area contributed by atoms with E-state index < -0.39 is 0 Å². The van der Waals surface area contributed by atoms with Gasteiger partial charge in [0.25, 0.3) is 5.56 Å². The zero-order valence-electron chi connectivity index (χ0n) is 14.4. The van der Waals surface area contributed by atoms with E-state index in [0.717, 1.165) is 43.4 Å². The number of hydrogen-bond acceptors (Lipinski definition) is 4. The van der Waals surface area contributed by atoms with E-state index in [4.69, 9.17) is 0 Å². The van der Waals surface area contributed by atoms with Crippen molar-refractivity contribution in [3.05, 3.63) is 27.7 Å². The van der Waals surface area contributed by atoms with Crippen molar-refractivity contribution in [3.63, 3.8) is 0 Å². The van der Waals surface area contributed by atoms with E-state index in [0.29, 0.717) is 38.4 Å². The average molecular weight is 344 g/mol. The summed E-state index contributed by atoms with van der Waals surface area (Å²) in [6.45, 7) is 2.01. The summed E-state index contributed by atoms with van der Waals surface area (Å²) in [7, 11) is 0. The first-order valence-corrected chi connectivity index (χ1v) is 9.28. The molecule has 2 aliphatic heterocycles.